The lowest BCUT2D eigenvalue weighted by Crippen LogP contribution is -2.44. The highest BCUT2D eigenvalue weighted by atomic mass is 16.6. The molecule has 0 bridgehead atoms. The lowest BCUT2D eigenvalue weighted by atomic mass is 10.1. The predicted octanol–water partition coefficient (Wildman–Crippen LogP) is 3.21. The summed E-state index contributed by atoms with van der Waals surface area (Å²) < 4.78 is 5.77. The summed E-state index contributed by atoms with van der Waals surface area (Å²) in [5, 5.41) is 14.1. The van der Waals surface area contributed by atoms with Crippen LogP contribution >= 0.6 is 0 Å². The third-order valence-electron chi connectivity index (χ3n) is 4.37. The topological polar surface area (TPSA) is 80.5 Å². The van der Waals surface area contributed by atoms with Crippen LogP contribution in [0.1, 0.15) is 25.0 Å². The number of aromatic nitrogens is 1. The Bertz CT molecular complexity index is 741. The van der Waals surface area contributed by atoms with E-state index in [9.17, 15) is 10.1 Å². The van der Waals surface area contributed by atoms with Gasteiger partial charge in [0.05, 0.1) is 17.1 Å². The van der Waals surface area contributed by atoms with Crippen LogP contribution in [-0.4, -0.2) is 40.1 Å². The van der Waals surface area contributed by atoms with Crippen LogP contribution in [0.5, 0.6) is 0 Å². The summed E-state index contributed by atoms with van der Waals surface area (Å²) in [6.07, 6.45) is 2.07. The number of anilines is 1. The van der Waals surface area contributed by atoms with Crippen molar-refractivity contribution in [2.45, 2.75) is 39.1 Å². The van der Waals surface area contributed by atoms with Gasteiger partial charge in [-0.3, -0.25) is 15.0 Å². The molecule has 1 aliphatic heterocycles. The second kappa shape index (κ2) is 8.25. The van der Waals surface area contributed by atoms with Crippen molar-refractivity contribution in [1.29, 1.82) is 0 Å². The SMILES string of the molecule is C[C@@H]1CN(Cc2ccc(CNc3ncccc3[N+](=O)[O-])cc2)C[C@H](C)O1. The Hall–Kier alpha value is -2.51. The molecule has 1 aromatic heterocycles. The van der Waals surface area contributed by atoms with E-state index in [1.807, 2.05) is 12.1 Å². The van der Waals surface area contributed by atoms with Crippen LogP contribution in [0.3, 0.4) is 0 Å². The molecule has 1 aliphatic rings. The molecule has 3 rings (SSSR count). The van der Waals surface area contributed by atoms with Gasteiger partial charge in [-0.25, -0.2) is 4.98 Å². The number of pyridine rings is 1. The summed E-state index contributed by atoms with van der Waals surface area (Å²) in [7, 11) is 0. The maximum Gasteiger partial charge on any atom is 0.311 e. The van der Waals surface area contributed by atoms with Gasteiger partial charge in [0.25, 0.3) is 0 Å². The van der Waals surface area contributed by atoms with Gasteiger partial charge in [-0.15, -0.1) is 0 Å². The number of nitrogens with one attached hydrogen (secondary N) is 1. The normalized spacial score (nSPS) is 20.7. The summed E-state index contributed by atoms with van der Waals surface area (Å²) in [5.74, 6) is 0.290. The first-order valence-electron chi connectivity index (χ1n) is 8.80. The summed E-state index contributed by atoms with van der Waals surface area (Å²) >= 11 is 0. The Morgan fingerprint density at radius 2 is 1.85 bits per heavy atom. The van der Waals surface area contributed by atoms with E-state index < -0.39 is 4.92 Å². The maximum absolute atomic E-state index is 11.0. The standard InChI is InChI=1S/C19H24N4O3/c1-14-11-22(12-15(2)26-14)13-17-7-5-16(6-8-17)10-21-19-18(23(24)25)4-3-9-20-19/h3-9,14-15H,10-13H2,1-2H3,(H,20,21)/t14-,15+. The molecule has 2 heterocycles. The molecule has 138 valence electrons. The quantitative estimate of drug-likeness (QED) is 0.632. The van der Waals surface area contributed by atoms with E-state index in [-0.39, 0.29) is 23.7 Å². The molecule has 0 amide bonds. The molecule has 0 spiro atoms. The zero-order valence-corrected chi connectivity index (χ0v) is 15.1. The van der Waals surface area contributed by atoms with Gasteiger partial charge in [0, 0.05) is 38.4 Å². The number of nitro groups is 1. The fraction of sp³-hybridized carbons (Fsp3) is 0.421. The lowest BCUT2D eigenvalue weighted by molar-refractivity contribution is -0.384. The van der Waals surface area contributed by atoms with Gasteiger partial charge in [0.2, 0.25) is 5.82 Å². The summed E-state index contributed by atoms with van der Waals surface area (Å²) in [5.41, 5.74) is 2.29. The first-order valence-corrected chi connectivity index (χ1v) is 8.80. The fourth-order valence-electron chi connectivity index (χ4n) is 3.30. The highest BCUT2D eigenvalue weighted by molar-refractivity contribution is 5.55. The Labute approximate surface area is 153 Å². The average molecular weight is 356 g/mol. The molecule has 7 heteroatoms. The largest absolute Gasteiger partial charge is 0.373 e. The number of hydrogen-bond donors (Lipinski definition) is 1. The maximum atomic E-state index is 11.0. The Kier molecular flexibility index (Phi) is 5.80. The second-order valence-electron chi connectivity index (χ2n) is 6.75. The summed E-state index contributed by atoms with van der Waals surface area (Å²) in [6, 6.07) is 11.3. The molecule has 1 N–H and O–H groups in total. The van der Waals surface area contributed by atoms with E-state index in [0.29, 0.717) is 6.54 Å². The first-order chi connectivity index (χ1) is 12.5. The summed E-state index contributed by atoms with van der Waals surface area (Å²) in [4.78, 5) is 17.1. The van der Waals surface area contributed by atoms with Crippen molar-refractivity contribution in [2.24, 2.45) is 0 Å². The Balaban J connectivity index is 1.57. The van der Waals surface area contributed by atoms with Gasteiger partial charge in [-0.1, -0.05) is 24.3 Å². The van der Waals surface area contributed by atoms with E-state index in [2.05, 4.69) is 41.2 Å². The number of rotatable bonds is 6. The molecule has 1 saturated heterocycles. The molecule has 1 fully saturated rings. The third-order valence-corrected chi connectivity index (χ3v) is 4.37. The van der Waals surface area contributed by atoms with Crippen molar-refractivity contribution in [3.05, 3.63) is 63.8 Å². The molecule has 0 unspecified atom stereocenters. The van der Waals surface area contributed by atoms with E-state index >= 15 is 0 Å². The molecular formula is C19H24N4O3. The average Bonchev–Trinajstić information content (AvgIpc) is 2.60. The number of benzene rings is 1. The molecular weight excluding hydrogens is 332 g/mol. The van der Waals surface area contributed by atoms with Crippen molar-refractivity contribution in [2.75, 3.05) is 18.4 Å². The molecule has 1 aromatic carbocycles. The van der Waals surface area contributed by atoms with Crippen molar-refractivity contribution in [1.82, 2.24) is 9.88 Å². The van der Waals surface area contributed by atoms with E-state index in [4.69, 9.17) is 4.74 Å². The van der Waals surface area contributed by atoms with Crippen LogP contribution in [0.15, 0.2) is 42.6 Å². The molecule has 7 nitrogen and oxygen atoms in total. The smallest absolute Gasteiger partial charge is 0.311 e. The van der Waals surface area contributed by atoms with E-state index in [0.717, 1.165) is 25.2 Å². The molecule has 26 heavy (non-hydrogen) atoms. The van der Waals surface area contributed by atoms with Crippen molar-refractivity contribution in [3.8, 4) is 0 Å². The van der Waals surface area contributed by atoms with Crippen LogP contribution in [-0.2, 0) is 17.8 Å². The van der Waals surface area contributed by atoms with Gasteiger partial charge in [0.15, 0.2) is 0 Å². The minimum atomic E-state index is -0.428. The minimum Gasteiger partial charge on any atom is -0.373 e. The van der Waals surface area contributed by atoms with Gasteiger partial charge in [-0.2, -0.15) is 0 Å². The zero-order chi connectivity index (χ0) is 18.5. The van der Waals surface area contributed by atoms with Crippen LogP contribution < -0.4 is 5.32 Å². The van der Waals surface area contributed by atoms with Crippen LogP contribution in [0, 0.1) is 10.1 Å². The van der Waals surface area contributed by atoms with Crippen LogP contribution in [0.2, 0.25) is 0 Å². The molecule has 2 atom stereocenters. The number of hydrogen-bond acceptors (Lipinski definition) is 6. The molecule has 0 aliphatic carbocycles. The van der Waals surface area contributed by atoms with Gasteiger partial charge in [0.1, 0.15) is 0 Å². The van der Waals surface area contributed by atoms with Crippen LogP contribution in [0.25, 0.3) is 0 Å². The van der Waals surface area contributed by atoms with Gasteiger partial charge >= 0.3 is 5.69 Å². The van der Waals surface area contributed by atoms with Crippen molar-refractivity contribution in [3.63, 3.8) is 0 Å². The second-order valence-corrected chi connectivity index (χ2v) is 6.75. The fourth-order valence-corrected chi connectivity index (χ4v) is 3.30. The monoisotopic (exact) mass is 356 g/mol. The predicted molar refractivity (Wildman–Crippen MR) is 99.9 cm³/mol. The molecule has 0 saturated carbocycles. The number of nitrogens with zero attached hydrogens (tertiary/aromatic N) is 3. The van der Waals surface area contributed by atoms with Gasteiger partial charge in [-0.05, 0) is 31.0 Å². The van der Waals surface area contributed by atoms with Gasteiger partial charge < -0.3 is 10.1 Å². The zero-order valence-electron chi connectivity index (χ0n) is 15.1. The van der Waals surface area contributed by atoms with Crippen molar-refractivity contribution >= 4 is 11.5 Å². The lowest BCUT2D eigenvalue weighted by Gasteiger charge is -2.35. The first kappa shape index (κ1) is 18.3. The van der Waals surface area contributed by atoms with E-state index in [1.54, 1.807) is 12.3 Å². The Morgan fingerprint density at radius 1 is 1.19 bits per heavy atom. The summed E-state index contributed by atoms with van der Waals surface area (Å²) in [6.45, 7) is 7.48. The van der Waals surface area contributed by atoms with Crippen molar-refractivity contribution < 1.29 is 9.66 Å². The highest BCUT2D eigenvalue weighted by Crippen LogP contribution is 2.21. The number of ether oxygens (including phenoxy) is 1. The number of morpholine rings is 1. The third kappa shape index (κ3) is 4.77. The van der Waals surface area contributed by atoms with Crippen LogP contribution in [0.4, 0.5) is 11.5 Å². The Morgan fingerprint density at radius 3 is 2.50 bits per heavy atom. The molecule has 0 radical (unpaired) electrons. The van der Waals surface area contributed by atoms with E-state index in [1.165, 1.54) is 11.6 Å². The highest BCUT2D eigenvalue weighted by Gasteiger charge is 2.22. The molecule has 2 aromatic rings. The minimum absolute atomic E-state index is 0.0142.